The molecule has 0 unspecified atom stereocenters. The Bertz CT molecular complexity index is 249. The molecule has 0 aromatic rings. The van der Waals surface area contributed by atoms with E-state index in [1.807, 2.05) is 0 Å². The van der Waals surface area contributed by atoms with Crippen LogP contribution in [0.25, 0.3) is 0 Å². The molecule has 0 aliphatic carbocycles. The topological polar surface area (TPSA) is 0 Å². The van der Waals surface area contributed by atoms with Crippen LogP contribution in [0.2, 0.25) is 0 Å². The number of hydrogen-bond acceptors (Lipinski definition) is 0. The van der Waals surface area contributed by atoms with Gasteiger partial charge < -0.3 is 0 Å². The second kappa shape index (κ2) is 27.4. The van der Waals surface area contributed by atoms with Gasteiger partial charge in [0.25, 0.3) is 0 Å². The molecule has 0 bridgehead atoms. The van der Waals surface area contributed by atoms with Gasteiger partial charge in [0.2, 0.25) is 0 Å². The van der Waals surface area contributed by atoms with Crippen LogP contribution in [0.15, 0.2) is 0 Å². The van der Waals surface area contributed by atoms with Gasteiger partial charge in [-0.25, -0.2) is 0 Å². The SMILES string of the molecule is C[PH+](C)CC[PH+](CC[PH+](C)C)CC[PH+](CC[PH+](C)C)CC[PH+](C)C.[Cl][Ni].[Cl][Ni]. The molecule has 28 heavy (non-hydrogen) atoms. The summed E-state index contributed by atoms with van der Waals surface area (Å²) < 4.78 is 0. The Labute approximate surface area is 210 Å². The van der Waals surface area contributed by atoms with Gasteiger partial charge in [-0.1, -0.05) is 0 Å². The van der Waals surface area contributed by atoms with E-state index >= 15 is 0 Å². The molecule has 0 aliphatic heterocycles. The summed E-state index contributed by atoms with van der Waals surface area (Å²) in [5.74, 6) is 0. The summed E-state index contributed by atoms with van der Waals surface area (Å²) in [6, 6.07) is 0. The van der Waals surface area contributed by atoms with E-state index in [4.69, 9.17) is 0 Å². The minimum atomic E-state index is -0.0128. The monoisotopic (exact) mass is 638 g/mol. The molecule has 0 N–H and O–H groups in total. The average Bonchev–Trinajstić information content (AvgIpc) is 2.65. The first-order chi connectivity index (χ1) is 13.2. The van der Waals surface area contributed by atoms with E-state index in [0.717, 1.165) is 0 Å². The fraction of sp³-hybridized carbons (Fsp3) is 1.00. The molecular weight excluding hydrogens is 590 g/mol. The van der Waals surface area contributed by atoms with Crippen LogP contribution < -0.4 is 0 Å². The molecule has 0 aliphatic rings. The maximum atomic E-state index is 4.26. The summed E-state index contributed by atoms with van der Waals surface area (Å²) in [7, 11) is 8.51. The summed E-state index contributed by atoms with van der Waals surface area (Å²) in [6.07, 6.45) is 16.4. The van der Waals surface area contributed by atoms with Crippen LogP contribution >= 0.6 is 67.9 Å². The fourth-order valence-electron chi connectivity index (χ4n) is 2.81. The first kappa shape index (κ1) is 36.7. The molecular formula is C18H50Cl2Ni2P6+6. The molecule has 0 aromatic heterocycles. The molecule has 0 amide bonds. The third-order valence-electron chi connectivity index (χ3n) is 4.75. The third-order valence-corrected chi connectivity index (χ3v) is 18.0. The molecule has 0 spiro atoms. The predicted octanol–water partition coefficient (Wildman–Crippen LogP) is 6.68. The van der Waals surface area contributed by atoms with Crippen molar-refractivity contribution >= 4 is 67.9 Å². The molecule has 0 nitrogen and oxygen atoms in total. The molecule has 0 radical (unpaired) electrons. The van der Waals surface area contributed by atoms with Gasteiger partial charge in [0.1, 0.15) is 0 Å². The van der Waals surface area contributed by atoms with Gasteiger partial charge in [0, 0.05) is 69.2 Å². The summed E-state index contributed by atoms with van der Waals surface area (Å²) in [4.78, 5) is 0. The first-order valence-electron chi connectivity index (χ1n) is 10.3. The minimum absolute atomic E-state index is 0.00258. The van der Waals surface area contributed by atoms with Gasteiger partial charge in [-0.2, -0.15) is 0 Å². The molecule has 10 heteroatoms. The Morgan fingerprint density at radius 3 is 0.643 bits per heavy atom. The van der Waals surface area contributed by atoms with Crippen molar-refractivity contribution in [2.45, 2.75) is 0 Å². The normalized spacial score (nSPS) is 11.4. The third kappa shape index (κ3) is 30.1. The molecule has 0 heterocycles. The van der Waals surface area contributed by atoms with Gasteiger partial charge in [0.15, 0.2) is 0 Å². The van der Waals surface area contributed by atoms with Crippen LogP contribution in [0.1, 0.15) is 0 Å². The van der Waals surface area contributed by atoms with E-state index in [2.05, 4.69) is 103 Å². The molecule has 0 saturated carbocycles. The van der Waals surface area contributed by atoms with Crippen LogP contribution in [-0.4, -0.2) is 115 Å². The zero-order chi connectivity index (χ0) is 22.5. The first-order valence-corrected chi connectivity index (χ1v) is 28.1. The Morgan fingerprint density at radius 1 is 0.357 bits per heavy atom. The standard InChI is InChI=1S/C18H44P6.2ClH.2Ni/c1-19(2)9-13-23(14-10-20(3)4)17-18-24(15-11-21(5)6)16-12-22(7)8;;;;/h9-18H2,1-8H3;2*1H;;/q;;;2*+1/p+4. The van der Waals surface area contributed by atoms with Gasteiger partial charge in [0.05, 0.1) is 61.6 Å². The molecule has 0 rings (SSSR count). The van der Waals surface area contributed by atoms with Gasteiger partial charge in [-0.05, 0) is 31.7 Å². The zero-order valence-electron chi connectivity index (χ0n) is 19.5. The van der Waals surface area contributed by atoms with Crippen LogP contribution in [0.5, 0.6) is 0 Å². The van der Waals surface area contributed by atoms with E-state index in [9.17, 15) is 0 Å². The van der Waals surface area contributed by atoms with Crippen molar-refractivity contribution in [1.29, 1.82) is 0 Å². The maximum absolute atomic E-state index is 4.26. The van der Waals surface area contributed by atoms with E-state index < -0.39 is 0 Å². The summed E-state index contributed by atoms with van der Waals surface area (Å²) in [5.41, 5.74) is 0. The average molecular weight is 641 g/mol. The second-order valence-electron chi connectivity index (χ2n) is 8.83. The Morgan fingerprint density at radius 2 is 0.500 bits per heavy atom. The summed E-state index contributed by atoms with van der Waals surface area (Å²) >= 11 is 6.69. The van der Waals surface area contributed by atoms with Crippen molar-refractivity contribution in [2.75, 3.05) is 115 Å². The number of halogens is 2. The number of rotatable bonds is 15. The van der Waals surface area contributed by atoms with E-state index in [1.54, 1.807) is 61.6 Å². The van der Waals surface area contributed by atoms with Crippen molar-refractivity contribution in [3.05, 3.63) is 0 Å². The van der Waals surface area contributed by atoms with Crippen LogP contribution in [0, 0.1) is 0 Å². The van der Waals surface area contributed by atoms with Gasteiger partial charge >= 0.3 is 49.5 Å². The molecule has 0 aromatic carbocycles. The quantitative estimate of drug-likeness (QED) is 0.138. The van der Waals surface area contributed by atoms with Crippen LogP contribution in [-0.2, 0) is 29.1 Å². The van der Waals surface area contributed by atoms with E-state index in [0.29, 0.717) is 0 Å². The molecule has 0 saturated heterocycles. The van der Waals surface area contributed by atoms with Crippen molar-refractivity contribution in [2.24, 2.45) is 0 Å². The fourth-order valence-corrected chi connectivity index (χ4v) is 20.8. The Balaban J connectivity index is -0.00000146. The Hall–Kier alpha value is 4.15. The van der Waals surface area contributed by atoms with Gasteiger partial charge in [-0.15, -0.1) is 0 Å². The summed E-state index contributed by atoms with van der Waals surface area (Å²) in [5, 5.41) is 0. The van der Waals surface area contributed by atoms with Crippen LogP contribution in [0.4, 0.5) is 0 Å². The molecule has 0 fully saturated rings. The Kier molecular flexibility index (Phi) is 35.9. The van der Waals surface area contributed by atoms with E-state index in [1.165, 1.54) is 0 Å². The zero-order valence-corrected chi connectivity index (χ0v) is 28.9. The van der Waals surface area contributed by atoms with Gasteiger partial charge in [-0.3, -0.25) is 0 Å². The predicted molar refractivity (Wildman–Crippen MR) is 158 cm³/mol. The second-order valence-corrected chi connectivity index (χ2v) is 26.5. The van der Waals surface area contributed by atoms with E-state index in [-0.39, 0.29) is 47.5 Å². The van der Waals surface area contributed by atoms with Crippen molar-refractivity contribution in [1.82, 2.24) is 0 Å². The van der Waals surface area contributed by atoms with Crippen molar-refractivity contribution in [3.63, 3.8) is 0 Å². The number of hydrogen-bond donors (Lipinski definition) is 0. The molecule has 180 valence electrons. The summed E-state index contributed by atoms with van der Waals surface area (Å²) in [6.45, 7) is 20.2. The van der Waals surface area contributed by atoms with Crippen molar-refractivity contribution < 1.29 is 29.1 Å². The van der Waals surface area contributed by atoms with Crippen molar-refractivity contribution in [3.8, 4) is 0 Å². The van der Waals surface area contributed by atoms with Crippen LogP contribution in [0.3, 0.4) is 0 Å². The molecule has 0 atom stereocenters.